The number of rotatable bonds is 4. The van der Waals surface area contributed by atoms with Crippen LogP contribution in [0.15, 0.2) is 17.2 Å². The highest BCUT2D eigenvalue weighted by Gasteiger charge is 2.25. The van der Waals surface area contributed by atoms with E-state index >= 15 is 0 Å². The van der Waals surface area contributed by atoms with Gasteiger partial charge >= 0.3 is 0 Å². The third-order valence-corrected chi connectivity index (χ3v) is 4.02. The van der Waals surface area contributed by atoms with Crippen LogP contribution in [0.2, 0.25) is 0 Å². The maximum absolute atomic E-state index is 12.5. The normalized spacial score (nSPS) is 19.5. The summed E-state index contributed by atoms with van der Waals surface area (Å²) in [5, 5.41) is 8.07. The first kappa shape index (κ1) is 16.3. The lowest BCUT2D eigenvalue weighted by Gasteiger charge is -2.19. The zero-order valence-electron chi connectivity index (χ0n) is 14.1. The van der Waals surface area contributed by atoms with Crippen LogP contribution >= 0.6 is 0 Å². The molecule has 128 valence electrons. The van der Waals surface area contributed by atoms with Crippen LogP contribution in [0.5, 0.6) is 11.5 Å². The molecule has 0 saturated carbocycles. The van der Waals surface area contributed by atoms with Crippen LogP contribution < -0.4 is 14.8 Å². The van der Waals surface area contributed by atoms with Gasteiger partial charge in [0, 0.05) is 37.9 Å². The average Bonchev–Trinajstić information content (AvgIpc) is 2.89. The van der Waals surface area contributed by atoms with Crippen LogP contribution in [-0.2, 0) is 16.0 Å². The Kier molecular flexibility index (Phi) is 4.42. The molecule has 2 aliphatic rings. The Hall–Kier alpha value is -2.57. The Morgan fingerprint density at radius 3 is 2.96 bits per heavy atom. The molecule has 1 N–H and O–H groups in total. The summed E-state index contributed by atoms with van der Waals surface area (Å²) in [5.74, 6) is 0.949. The van der Waals surface area contributed by atoms with Crippen molar-refractivity contribution in [3.05, 3.63) is 17.7 Å². The first-order valence-electron chi connectivity index (χ1n) is 8.09. The maximum atomic E-state index is 12.5. The Balaban J connectivity index is 1.84. The molecule has 1 aromatic carbocycles. The van der Waals surface area contributed by atoms with Crippen LogP contribution in [0.1, 0.15) is 32.3 Å². The van der Waals surface area contributed by atoms with Crippen molar-refractivity contribution in [1.29, 1.82) is 0 Å². The number of amides is 2. The molecule has 0 saturated heterocycles. The lowest BCUT2D eigenvalue weighted by Crippen LogP contribution is -2.34. The van der Waals surface area contributed by atoms with Crippen molar-refractivity contribution in [1.82, 2.24) is 5.01 Å². The third kappa shape index (κ3) is 3.20. The molecule has 3 rings (SSSR count). The van der Waals surface area contributed by atoms with Crippen molar-refractivity contribution in [2.45, 2.75) is 39.2 Å². The number of carbonyl (C=O) groups excluding carboxylic acids is 2. The lowest BCUT2D eigenvalue weighted by atomic mass is 10.1. The fraction of sp³-hybridized carbons (Fsp3) is 0.471. The summed E-state index contributed by atoms with van der Waals surface area (Å²) in [6, 6.07) is 3.70. The van der Waals surface area contributed by atoms with Gasteiger partial charge in [-0.1, -0.05) is 0 Å². The largest absolute Gasteiger partial charge is 0.492 e. The molecule has 0 bridgehead atoms. The average molecular weight is 331 g/mol. The molecule has 1 aromatic rings. The van der Waals surface area contributed by atoms with Crippen LogP contribution in [0.3, 0.4) is 0 Å². The van der Waals surface area contributed by atoms with Crippen LogP contribution in [-0.4, -0.2) is 42.3 Å². The summed E-state index contributed by atoms with van der Waals surface area (Å²) in [7, 11) is 1.55. The SMILES string of the molecule is CCOc1cc2c(cc1NC(=O)C1=NN(C)C(=O)CC1)O[C@@H](C)C2. The first-order chi connectivity index (χ1) is 11.5. The number of benzene rings is 1. The second-order valence-corrected chi connectivity index (χ2v) is 5.94. The minimum Gasteiger partial charge on any atom is -0.492 e. The molecule has 2 aliphatic heterocycles. The molecule has 2 heterocycles. The van der Waals surface area contributed by atoms with Crippen molar-refractivity contribution in [3.8, 4) is 11.5 Å². The van der Waals surface area contributed by atoms with Gasteiger partial charge in [-0.15, -0.1) is 0 Å². The van der Waals surface area contributed by atoms with Gasteiger partial charge < -0.3 is 14.8 Å². The van der Waals surface area contributed by atoms with Gasteiger partial charge in [0.25, 0.3) is 5.91 Å². The summed E-state index contributed by atoms with van der Waals surface area (Å²) >= 11 is 0. The topological polar surface area (TPSA) is 80.2 Å². The Bertz CT molecular complexity index is 714. The molecular weight excluding hydrogens is 310 g/mol. The van der Waals surface area contributed by atoms with Gasteiger partial charge in [0.15, 0.2) is 0 Å². The predicted molar refractivity (Wildman–Crippen MR) is 89.5 cm³/mol. The number of ether oxygens (including phenoxy) is 2. The Morgan fingerprint density at radius 2 is 2.25 bits per heavy atom. The van der Waals surface area contributed by atoms with Gasteiger partial charge in [-0.25, -0.2) is 5.01 Å². The molecule has 0 aliphatic carbocycles. The number of nitrogens with zero attached hydrogens (tertiary/aromatic N) is 2. The maximum Gasteiger partial charge on any atom is 0.271 e. The zero-order valence-corrected chi connectivity index (χ0v) is 14.1. The van der Waals surface area contributed by atoms with E-state index in [-0.39, 0.29) is 24.3 Å². The summed E-state index contributed by atoms with van der Waals surface area (Å²) in [6.07, 6.45) is 1.55. The molecule has 0 fully saturated rings. The summed E-state index contributed by atoms with van der Waals surface area (Å²) < 4.78 is 11.4. The fourth-order valence-corrected chi connectivity index (χ4v) is 2.84. The summed E-state index contributed by atoms with van der Waals surface area (Å²) in [6.45, 7) is 4.39. The number of carbonyl (C=O) groups is 2. The molecule has 1 atom stereocenters. The van der Waals surface area contributed by atoms with Gasteiger partial charge in [-0.2, -0.15) is 5.10 Å². The minimum atomic E-state index is -0.332. The quantitative estimate of drug-likeness (QED) is 0.914. The lowest BCUT2D eigenvalue weighted by molar-refractivity contribution is -0.130. The van der Waals surface area contributed by atoms with Crippen molar-refractivity contribution in [2.75, 3.05) is 19.0 Å². The standard InChI is InChI=1S/C17H21N3O4/c1-4-23-15-8-11-7-10(2)24-14(11)9-13(15)18-17(22)12-5-6-16(21)20(3)19-12/h8-10H,4-7H2,1-3H3,(H,18,22)/t10-/m0/s1. The monoisotopic (exact) mass is 331 g/mol. The van der Waals surface area contributed by atoms with Crippen LogP contribution in [0.4, 0.5) is 5.69 Å². The predicted octanol–water partition coefficient (Wildman–Crippen LogP) is 1.96. The number of hydrogen-bond donors (Lipinski definition) is 1. The van der Waals surface area contributed by atoms with E-state index in [1.165, 1.54) is 5.01 Å². The van der Waals surface area contributed by atoms with Crippen molar-refractivity contribution in [3.63, 3.8) is 0 Å². The van der Waals surface area contributed by atoms with E-state index in [0.717, 1.165) is 17.7 Å². The van der Waals surface area contributed by atoms with Gasteiger partial charge in [-0.3, -0.25) is 9.59 Å². The second kappa shape index (κ2) is 6.51. The highest BCUT2D eigenvalue weighted by atomic mass is 16.5. The number of hydrogen-bond acceptors (Lipinski definition) is 5. The number of anilines is 1. The summed E-state index contributed by atoms with van der Waals surface area (Å²) in [5.41, 5.74) is 1.95. The molecule has 0 radical (unpaired) electrons. The second-order valence-electron chi connectivity index (χ2n) is 5.94. The van der Waals surface area contributed by atoms with E-state index in [1.54, 1.807) is 13.1 Å². The highest BCUT2D eigenvalue weighted by molar-refractivity contribution is 6.43. The van der Waals surface area contributed by atoms with Crippen molar-refractivity contribution < 1.29 is 19.1 Å². The number of fused-ring (bicyclic) bond motifs is 1. The number of nitrogens with one attached hydrogen (secondary N) is 1. The van der Waals surface area contributed by atoms with E-state index in [0.29, 0.717) is 30.2 Å². The van der Waals surface area contributed by atoms with Gasteiger partial charge in [0.1, 0.15) is 23.3 Å². The highest BCUT2D eigenvalue weighted by Crippen LogP contribution is 2.38. The zero-order chi connectivity index (χ0) is 17.3. The molecule has 0 spiro atoms. The summed E-state index contributed by atoms with van der Waals surface area (Å²) in [4.78, 5) is 23.9. The Morgan fingerprint density at radius 1 is 1.46 bits per heavy atom. The van der Waals surface area contributed by atoms with E-state index in [2.05, 4.69) is 10.4 Å². The molecule has 0 aromatic heterocycles. The molecule has 2 amide bonds. The first-order valence-corrected chi connectivity index (χ1v) is 8.09. The molecule has 24 heavy (non-hydrogen) atoms. The van der Waals surface area contributed by atoms with E-state index < -0.39 is 0 Å². The van der Waals surface area contributed by atoms with Gasteiger partial charge in [-0.05, 0) is 19.9 Å². The van der Waals surface area contributed by atoms with E-state index in [4.69, 9.17) is 9.47 Å². The Labute approximate surface area is 140 Å². The minimum absolute atomic E-state index is 0.0959. The van der Waals surface area contributed by atoms with E-state index in [1.807, 2.05) is 19.9 Å². The molecule has 7 nitrogen and oxygen atoms in total. The smallest absolute Gasteiger partial charge is 0.271 e. The molecule has 7 heteroatoms. The third-order valence-electron chi connectivity index (χ3n) is 4.02. The van der Waals surface area contributed by atoms with Gasteiger partial charge in [0.2, 0.25) is 5.91 Å². The van der Waals surface area contributed by atoms with Crippen LogP contribution in [0.25, 0.3) is 0 Å². The fourth-order valence-electron chi connectivity index (χ4n) is 2.84. The van der Waals surface area contributed by atoms with Crippen LogP contribution in [0, 0.1) is 0 Å². The van der Waals surface area contributed by atoms with E-state index in [9.17, 15) is 9.59 Å². The van der Waals surface area contributed by atoms with Gasteiger partial charge in [0.05, 0.1) is 12.3 Å². The molecular formula is C17H21N3O4. The van der Waals surface area contributed by atoms with Crippen molar-refractivity contribution >= 4 is 23.2 Å². The number of hydrazone groups is 1. The van der Waals surface area contributed by atoms with Crippen molar-refractivity contribution in [2.24, 2.45) is 5.10 Å². The molecule has 0 unspecified atom stereocenters.